The number of benzene rings is 1. The predicted octanol–water partition coefficient (Wildman–Crippen LogP) is 2.76. The Bertz CT molecular complexity index is 392. The summed E-state index contributed by atoms with van der Waals surface area (Å²) in [5, 5.41) is 0. The topological polar surface area (TPSA) is 14.2 Å². The van der Waals surface area contributed by atoms with E-state index in [1.54, 1.807) is 7.11 Å². The molecular weight excluding hydrogens is 174 g/mol. The van der Waals surface area contributed by atoms with Gasteiger partial charge in [0.25, 0.3) is 0 Å². The van der Waals surface area contributed by atoms with Crippen molar-refractivity contribution in [3.8, 4) is 11.1 Å². The zero-order valence-electron chi connectivity index (χ0n) is 8.18. The molecule has 0 fully saturated rings. The molecule has 0 bridgehead atoms. The van der Waals surface area contributed by atoms with Crippen molar-refractivity contribution in [2.24, 2.45) is 0 Å². The molecule has 2 heteroatoms. The molecule has 0 aliphatic rings. The first-order valence-electron chi connectivity index (χ1n) is 4.60. The molecular formula is C12H13NO. The Morgan fingerprint density at radius 1 is 1.07 bits per heavy atom. The van der Waals surface area contributed by atoms with Crippen molar-refractivity contribution >= 4 is 0 Å². The highest BCUT2D eigenvalue weighted by atomic mass is 16.5. The largest absolute Gasteiger partial charge is 0.364 e. The zero-order valence-corrected chi connectivity index (χ0v) is 8.18. The molecule has 2 nitrogen and oxygen atoms in total. The van der Waals surface area contributed by atoms with E-state index in [1.807, 2.05) is 29.0 Å². The van der Waals surface area contributed by atoms with E-state index < -0.39 is 0 Å². The molecule has 0 radical (unpaired) electrons. The molecule has 14 heavy (non-hydrogen) atoms. The SMILES string of the molecule is COCn1ccc(-c2ccccc2)c1. The lowest BCUT2D eigenvalue weighted by Crippen LogP contribution is -1.94. The molecule has 0 N–H and O–H groups in total. The Kier molecular flexibility index (Phi) is 2.65. The highest BCUT2D eigenvalue weighted by Crippen LogP contribution is 2.18. The fraction of sp³-hybridized carbons (Fsp3) is 0.167. The molecule has 0 atom stereocenters. The summed E-state index contributed by atoms with van der Waals surface area (Å²) in [7, 11) is 1.70. The minimum atomic E-state index is 0.604. The number of aromatic nitrogens is 1. The summed E-state index contributed by atoms with van der Waals surface area (Å²) in [6.45, 7) is 0.604. The Balaban J connectivity index is 2.25. The van der Waals surface area contributed by atoms with Crippen molar-refractivity contribution in [3.63, 3.8) is 0 Å². The maximum absolute atomic E-state index is 5.04. The average Bonchev–Trinajstić information content (AvgIpc) is 2.68. The lowest BCUT2D eigenvalue weighted by molar-refractivity contribution is 0.131. The summed E-state index contributed by atoms with van der Waals surface area (Å²) in [6, 6.07) is 12.4. The molecule has 2 rings (SSSR count). The highest BCUT2D eigenvalue weighted by Gasteiger charge is 1.98. The van der Waals surface area contributed by atoms with E-state index in [0.29, 0.717) is 6.73 Å². The maximum Gasteiger partial charge on any atom is 0.121 e. The number of nitrogens with zero attached hydrogens (tertiary/aromatic N) is 1. The van der Waals surface area contributed by atoms with Gasteiger partial charge in [0.2, 0.25) is 0 Å². The Morgan fingerprint density at radius 3 is 2.57 bits per heavy atom. The molecule has 0 aliphatic heterocycles. The number of ether oxygens (including phenoxy) is 1. The minimum absolute atomic E-state index is 0.604. The minimum Gasteiger partial charge on any atom is -0.364 e. The second-order valence-electron chi connectivity index (χ2n) is 3.20. The second-order valence-corrected chi connectivity index (χ2v) is 3.20. The van der Waals surface area contributed by atoms with Crippen LogP contribution < -0.4 is 0 Å². The van der Waals surface area contributed by atoms with Crippen LogP contribution in [0.5, 0.6) is 0 Å². The smallest absolute Gasteiger partial charge is 0.121 e. The number of hydrogen-bond acceptors (Lipinski definition) is 1. The Hall–Kier alpha value is -1.54. The van der Waals surface area contributed by atoms with E-state index in [9.17, 15) is 0 Å². The maximum atomic E-state index is 5.04. The van der Waals surface area contributed by atoms with Crippen molar-refractivity contribution in [2.75, 3.05) is 7.11 Å². The molecule has 1 aromatic carbocycles. The Labute approximate surface area is 83.8 Å². The first-order valence-corrected chi connectivity index (χ1v) is 4.60. The van der Waals surface area contributed by atoms with Gasteiger partial charge in [0.15, 0.2) is 0 Å². The van der Waals surface area contributed by atoms with E-state index in [0.717, 1.165) is 0 Å². The van der Waals surface area contributed by atoms with Crippen LogP contribution in [0.2, 0.25) is 0 Å². The van der Waals surface area contributed by atoms with Gasteiger partial charge in [0, 0.05) is 19.5 Å². The second kappa shape index (κ2) is 4.11. The van der Waals surface area contributed by atoms with Gasteiger partial charge in [-0.05, 0) is 17.2 Å². The van der Waals surface area contributed by atoms with Crippen LogP contribution in [-0.4, -0.2) is 11.7 Å². The van der Waals surface area contributed by atoms with E-state index >= 15 is 0 Å². The lowest BCUT2D eigenvalue weighted by atomic mass is 10.1. The van der Waals surface area contributed by atoms with Gasteiger partial charge in [0.05, 0.1) is 0 Å². The summed E-state index contributed by atoms with van der Waals surface area (Å²) >= 11 is 0. The van der Waals surface area contributed by atoms with Gasteiger partial charge < -0.3 is 9.30 Å². The van der Waals surface area contributed by atoms with Crippen molar-refractivity contribution in [1.82, 2.24) is 4.57 Å². The van der Waals surface area contributed by atoms with Crippen LogP contribution in [0.4, 0.5) is 0 Å². The highest BCUT2D eigenvalue weighted by molar-refractivity contribution is 5.62. The van der Waals surface area contributed by atoms with Crippen LogP contribution in [0.15, 0.2) is 48.8 Å². The molecule has 0 amide bonds. The van der Waals surface area contributed by atoms with Gasteiger partial charge in [0.1, 0.15) is 6.73 Å². The fourth-order valence-electron chi connectivity index (χ4n) is 1.47. The summed E-state index contributed by atoms with van der Waals surface area (Å²) in [5.41, 5.74) is 2.46. The first-order chi connectivity index (χ1) is 6.90. The zero-order chi connectivity index (χ0) is 9.80. The molecule has 72 valence electrons. The van der Waals surface area contributed by atoms with Gasteiger partial charge in [-0.15, -0.1) is 0 Å². The Morgan fingerprint density at radius 2 is 1.86 bits per heavy atom. The average molecular weight is 187 g/mol. The van der Waals surface area contributed by atoms with Crippen molar-refractivity contribution < 1.29 is 4.74 Å². The molecule has 0 saturated heterocycles. The third-order valence-electron chi connectivity index (χ3n) is 2.14. The van der Waals surface area contributed by atoms with Crippen LogP contribution in [0.25, 0.3) is 11.1 Å². The summed E-state index contributed by atoms with van der Waals surface area (Å²) in [6.07, 6.45) is 4.10. The van der Waals surface area contributed by atoms with Crippen molar-refractivity contribution in [2.45, 2.75) is 6.73 Å². The molecule has 1 aromatic heterocycles. The fourth-order valence-corrected chi connectivity index (χ4v) is 1.47. The van der Waals surface area contributed by atoms with Gasteiger partial charge in [-0.2, -0.15) is 0 Å². The van der Waals surface area contributed by atoms with Crippen LogP contribution in [0.3, 0.4) is 0 Å². The summed E-state index contributed by atoms with van der Waals surface area (Å²) in [5.74, 6) is 0. The third kappa shape index (κ3) is 1.86. The number of rotatable bonds is 3. The van der Waals surface area contributed by atoms with Crippen molar-refractivity contribution in [1.29, 1.82) is 0 Å². The van der Waals surface area contributed by atoms with Crippen LogP contribution in [-0.2, 0) is 11.5 Å². The molecule has 1 heterocycles. The van der Waals surface area contributed by atoms with Gasteiger partial charge >= 0.3 is 0 Å². The van der Waals surface area contributed by atoms with Gasteiger partial charge in [-0.3, -0.25) is 0 Å². The van der Waals surface area contributed by atoms with Crippen molar-refractivity contribution in [3.05, 3.63) is 48.8 Å². The monoisotopic (exact) mass is 187 g/mol. The molecule has 2 aromatic rings. The number of hydrogen-bond donors (Lipinski definition) is 0. The van der Waals surface area contributed by atoms with Crippen LogP contribution in [0, 0.1) is 0 Å². The van der Waals surface area contributed by atoms with E-state index in [4.69, 9.17) is 4.74 Å². The predicted molar refractivity (Wildman–Crippen MR) is 56.9 cm³/mol. The lowest BCUT2D eigenvalue weighted by Gasteiger charge is -1.99. The molecule has 0 spiro atoms. The first kappa shape index (κ1) is 9.03. The number of methoxy groups -OCH3 is 1. The normalized spacial score (nSPS) is 10.4. The quantitative estimate of drug-likeness (QED) is 0.720. The molecule has 0 saturated carbocycles. The van der Waals surface area contributed by atoms with Crippen LogP contribution in [0.1, 0.15) is 0 Å². The van der Waals surface area contributed by atoms with Crippen LogP contribution >= 0.6 is 0 Å². The third-order valence-corrected chi connectivity index (χ3v) is 2.14. The van der Waals surface area contributed by atoms with Gasteiger partial charge in [-0.1, -0.05) is 30.3 Å². The van der Waals surface area contributed by atoms with E-state index in [1.165, 1.54) is 11.1 Å². The van der Waals surface area contributed by atoms with E-state index in [2.05, 4.69) is 24.4 Å². The van der Waals surface area contributed by atoms with E-state index in [-0.39, 0.29) is 0 Å². The standard InChI is InChI=1S/C12H13NO/c1-14-10-13-8-7-12(9-13)11-5-3-2-4-6-11/h2-9H,10H2,1H3. The van der Waals surface area contributed by atoms with Gasteiger partial charge in [-0.25, -0.2) is 0 Å². The molecule has 0 unspecified atom stereocenters. The summed E-state index contributed by atoms with van der Waals surface area (Å²) in [4.78, 5) is 0. The molecule has 0 aliphatic carbocycles. The summed E-state index contributed by atoms with van der Waals surface area (Å²) < 4.78 is 7.06.